The van der Waals surface area contributed by atoms with E-state index in [1.165, 1.54) is 6.07 Å². The van der Waals surface area contributed by atoms with Crippen molar-refractivity contribution in [3.8, 4) is 11.7 Å². The number of imidazole rings is 1. The fourth-order valence-electron chi connectivity index (χ4n) is 3.89. The number of carbonyl (C=O) groups excluding carboxylic acids is 1. The third kappa shape index (κ3) is 4.36. The highest BCUT2D eigenvalue weighted by molar-refractivity contribution is 6.31. The molecule has 5 aromatic rings. The minimum atomic E-state index is -0.411. The Balaban J connectivity index is 1.58. The predicted molar refractivity (Wildman–Crippen MR) is 133 cm³/mol. The van der Waals surface area contributed by atoms with E-state index in [-0.39, 0.29) is 12.5 Å². The van der Waals surface area contributed by atoms with Gasteiger partial charge in [-0.1, -0.05) is 29.8 Å². The highest BCUT2D eigenvalue weighted by Gasteiger charge is 2.20. The summed E-state index contributed by atoms with van der Waals surface area (Å²) in [6.07, 6.45) is 0. The van der Waals surface area contributed by atoms with Gasteiger partial charge in [-0.2, -0.15) is 9.78 Å². The lowest BCUT2D eigenvalue weighted by molar-refractivity contribution is 0.102. The smallest absolute Gasteiger partial charge is 0.256 e. The highest BCUT2D eigenvalue weighted by Crippen LogP contribution is 2.27. The predicted octanol–water partition coefficient (Wildman–Crippen LogP) is 5.63. The Hall–Kier alpha value is -4.17. The van der Waals surface area contributed by atoms with Crippen LogP contribution in [0.3, 0.4) is 0 Å². The summed E-state index contributed by atoms with van der Waals surface area (Å²) >= 11 is 6.33. The van der Waals surface area contributed by atoms with Crippen molar-refractivity contribution in [3.63, 3.8) is 0 Å². The molecule has 3 aromatic carbocycles. The average Bonchev–Trinajstić information content (AvgIpc) is 3.41. The van der Waals surface area contributed by atoms with Gasteiger partial charge < -0.3 is 14.6 Å². The average molecular weight is 490 g/mol. The van der Waals surface area contributed by atoms with Crippen LogP contribution in [-0.2, 0) is 6.54 Å². The van der Waals surface area contributed by atoms with Gasteiger partial charge in [0, 0.05) is 22.2 Å². The van der Waals surface area contributed by atoms with Crippen LogP contribution < -0.4 is 10.1 Å². The molecule has 2 aromatic heterocycles. The number of hydrogen-bond acceptors (Lipinski definition) is 4. The maximum atomic E-state index is 14.7. The lowest BCUT2D eigenvalue weighted by Gasteiger charge is -2.13. The second kappa shape index (κ2) is 9.23. The minimum absolute atomic E-state index is 0.131. The van der Waals surface area contributed by atoms with Gasteiger partial charge in [0.25, 0.3) is 5.91 Å². The third-order valence-corrected chi connectivity index (χ3v) is 5.98. The fourth-order valence-corrected chi connectivity index (χ4v) is 4.12. The van der Waals surface area contributed by atoms with Crippen molar-refractivity contribution >= 4 is 34.4 Å². The molecule has 7 nitrogen and oxygen atoms in total. The Morgan fingerprint density at radius 2 is 1.86 bits per heavy atom. The van der Waals surface area contributed by atoms with Gasteiger partial charge in [0.15, 0.2) is 0 Å². The van der Waals surface area contributed by atoms with E-state index in [1.807, 2.05) is 35.8 Å². The Labute approximate surface area is 205 Å². The fraction of sp³-hybridized carbons (Fsp3) is 0.115. The summed E-state index contributed by atoms with van der Waals surface area (Å²) in [5, 5.41) is 7.80. The number of halogens is 2. The van der Waals surface area contributed by atoms with Crippen LogP contribution in [0.15, 0.2) is 72.8 Å². The number of nitrogens with zero attached hydrogens (tertiary/aromatic N) is 4. The minimum Gasteiger partial charge on any atom is -0.497 e. The molecule has 0 atom stereocenters. The Bertz CT molecular complexity index is 1520. The third-order valence-electron chi connectivity index (χ3n) is 5.63. The van der Waals surface area contributed by atoms with Crippen LogP contribution in [0.5, 0.6) is 5.75 Å². The maximum absolute atomic E-state index is 14.7. The van der Waals surface area contributed by atoms with E-state index in [9.17, 15) is 9.18 Å². The van der Waals surface area contributed by atoms with Gasteiger partial charge in [-0.05, 0) is 55.5 Å². The first-order valence-corrected chi connectivity index (χ1v) is 11.2. The Morgan fingerprint density at radius 1 is 1.09 bits per heavy atom. The van der Waals surface area contributed by atoms with Gasteiger partial charge >= 0.3 is 0 Å². The molecule has 35 heavy (non-hydrogen) atoms. The molecule has 0 aliphatic heterocycles. The molecule has 5 rings (SSSR count). The van der Waals surface area contributed by atoms with E-state index in [2.05, 4.69) is 10.4 Å². The molecule has 0 radical (unpaired) electrons. The number of nitrogens with one attached hydrogen (secondary N) is 1. The second-order valence-corrected chi connectivity index (χ2v) is 8.36. The van der Waals surface area contributed by atoms with E-state index in [4.69, 9.17) is 21.3 Å². The molecule has 0 spiro atoms. The van der Waals surface area contributed by atoms with E-state index in [1.54, 1.807) is 54.3 Å². The Morgan fingerprint density at radius 3 is 2.60 bits per heavy atom. The van der Waals surface area contributed by atoms with Crippen LogP contribution >= 0.6 is 11.6 Å². The first-order valence-electron chi connectivity index (χ1n) is 10.8. The molecule has 9 heteroatoms. The van der Waals surface area contributed by atoms with Crippen LogP contribution in [0.2, 0.25) is 5.02 Å². The number of hydrogen-bond donors (Lipinski definition) is 1. The van der Waals surface area contributed by atoms with Crippen LogP contribution in [0.4, 0.5) is 10.2 Å². The van der Waals surface area contributed by atoms with Gasteiger partial charge in [-0.3, -0.25) is 4.79 Å². The second-order valence-electron chi connectivity index (χ2n) is 7.95. The number of benzene rings is 3. The van der Waals surface area contributed by atoms with Crippen LogP contribution in [0, 0.1) is 12.7 Å². The molecule has 0 saturated heterocycles. The molecule has 1 N–H and O–H groups in total. The molecule has 176 valence electrons. The SMILES string of the molecule is COc1ccc(C(=O)Nc2cc(C)nn2-c2nc3ccccc3n2Cc2c(F)cccc2Cl)cc1. The Kier molecular flexibility index (Phi) is 5.96. The summed E-state index contributed by atoms with van der Waals surface area (Å²) in [6.45, 7) is 1.95. The quantitative estimate of drug-likeness (QED) is 0.335. The molecule has 0 saturated carbocycles. The molecule has 0 aliphatic rings. The zero-order chi connectivity index (χ0) is 24.5. The maximum Gasteiger partial charge on any atom is 0.256 e. The van der Waals surface area contributed by atoms with Crippen molar-refractivity contribution in [1.82, 2.24) is 19.3 Å². The van der Waals surface area contributed by atoms with Crippen molar-refractivity contribution in [3.05, 3.63) is 100 Å². The number of amides is 1. The number of ether oxygens (including phenoxy) is 1. The number of fused-ring (bicyclic) bond motifs is 1. The highest BCUT2D eigenvalue weighted by atomic mass is 35.5. The lowest BCUT2D eigenvalue weighted by Crippen LogP contribution is -2.17. The van der Waals surface area contributed by atoms with Gasteiger partial charge in [0.05, 0.1) is 30.4 Å². The summed E-state index contributed by atoms with van der Waals surface area (Å²) in [7, 11) is 1.57. The number of aromatic nitrogens is 4. The van der Waals surface area contributed by atoms with E-state index in [0.29, 0.717) is 44.9 Å². The number of methoxy groups -OCH3 is 1. The van der Waals surface area contributed by atoms with Crippen LogP contribution in [0.1, 0.15) is 21.6 Å². The first kappa shape index (κ1) is 22.6. The van der Waals surface area contributed by atoms with Gasteiger partial charge in [0.1, 0.15) is 17.4 Å². The van der Waals surface area contributed by atoms with Crippen molar-refractivity contribution in [1.29, 1.82) is 0 Å². The van der Waals surface area contributed by atoms with Crippen molar-refractivity contribution in [2.24, 2.45) is 0 Å². The molecule has 0 unspecified atom stereocenters. The van der Waals surface area contributed by atoms with Gasteiger partial charge in [0.2, 0.25) is 5.95 Å². The topological polar surface area (TPSA) is 74.0 Å². The summed E-state index contributed by atoms with van der Waals surface area (Å²) in [6, 6.07) is 20.7. The van der Waals surface area contributed by atoms with Crippen molar-refractivity contribution in [2.75, 3.05) is 12.4 Å². The number of para-hydroxylation sites is 2. The number of carbonyl (C=O) groups is 1. The van der Waals surface area contributed by atoms with Crippen LogP contribution in [-0.4, -0.2) is 32.3 Å². The van der Waals surface area contributed by atoms with Crippen molar-refractivity contribution < 1.29 is 13.9 Å². The normalized spacial score (nSPS) is 11.1. The summed E-state index contributed by atoms with van der Waals surface area (Å²) in [4.78, 5) is 17.7. The molecule has 0 aliphatic carbocycles. The van der Waals surface area contributed by atoms with Crippen molar-refractivity contribution in [2.45, 2.75) is 13.5 Å². The number of rotatable bonds is 6. The summed E-state index contributed by atoms with van der Waals surface area (Å²) in [5.41, 5.74) is 2.96. The zero-order valence-electron chi connectivity index (χ0n) is 19.0. The van der Waals surface area contributed by atoms with Gasteiger partial charge in [-0.15, -0.1) is 0 Å². The van der Waals surface area contributed by atoms with E-state index >= 15 is 0 Å². The molecule has 1 amide bonds. The monoisotopic (exact) mass is 489 g/mol. The molecule has 0 fully saturated rings. The lowest BCUT2D eigenvalue weighted by atomic mass is 10.2. The van der Waals surface area contributed by atoms with Gasteiger partial charge in [-0.25, -0.2) is 9.37 Å². The van der Waals surface area contributed by atoms with E-state index in [0.717, 1.165) is 5.52 Å². The largest absolute Gasteiger partial charge is 0.497 e. The molecular weight excluding hydrogens is 469 g/mol. The van der Waals surface area contributed by atoms with E-state index < -0.39 is 5.82 Å². The summed E-state index contributed by atoms with van der Waals surface area (Å²) < 4.78 is 23.2. The molecule has 2 heterocycles. The molecular formula is C26H21ClFN5O2. The standard InChI is InChI=1S/C26H21ClFN5O2/c1-16-14-24(30-25(34)17-10-12-18(35-2)13-11-17)33(31-16)26-29-22-8-3-4-9-23(22)32(26)15-19-20(27)6-5-7-21(19)28/h3-14H,15H2,1-2H3,(H,30,34). The molecule has 0 bridgehead atoms. The van der Waals surface area contributed by atoms with Crippen LogP contribution in [0.25, 0.3) is 17.0 Å². The number of aryl methyl sites for hydroxylation is 1. The zero-order valence-corrected chi connectivity index (χ0v) is 19.8. The first-order chi connectivity index (χ1) is 16.9. The number of anilines is 1. The summed E-state index contributed by atoms with van der Waals surface area (Å²) in [5.74, 6) is 0.783.